The zero-order chi connectivity index (χ0) is 19.2. The maximum absolute atomic E-state index is 12.1. The minimum atomic E-state index is -0.245. The van der Waals surface area contributed by atoms with E-state index in [1.165, 1.54) is 12.7 Å². The fraction of sp³-hybridized carbons (Fsp3) is 0.700. The average Bonchev–Trinajstić information content (AvgIpc) is 3.10. The number of nitrogens with zero attached hydrogens (tertiary/aromatic N) is 1. The molecule has 1 aromatic heterocycles. The van der Waals surface area contributed by atoms with Crippen molar-refractivity contribution in [1.29, 1.82) is 0 Å². The van der Waals surface area contributed by atoms with Crippen molar-refractivity contribution in [2.45, 2.75) is 52.5 Å². The van der Waals surface area contributed by atoms with E-state index in [2.05, 4.69) is 43.2 Å². The molecule has 6 heteroatoms. The van der Waals surface area contributed by atoms with Crippen LogP contribution in [-0.2, 0) is 4.79 Å². The number of furan rings is 1. The smallest absolute Gasteiger partial charge is 0.286 e. The Kier molecular flexibility index (Phi) is 7.26. The predicted molar refractivity (Wildman–Crippen MR) is 102 cm³/mol. The summed E-state index contributed by atoms with van der Waals surface area (Å²) in [5, 5.41) is 5.81. The first kappa shape index (κ1) is 20.5. The fourth-order valence-corrected chi connectivity index (χ4v) is 3.62. The number of piperidine rings is 1. The van der Waals surface area contributed by atoms with Crippen LogP contribution in [0.4, 0.5) is 0 Å². The molecule has 2 amide bonds. The summed E-state index contributed by atoms with van der Waals surface area (Å²) in [6.45, 7) is 12.3. The highest BCUT2D eigenvalue weighted by molar-refractivity contribution is 5.91. The third kappa shape index (κ3) is 6.16. The normalized spacial score (nSPS) is 21.4. The quantitative estimate of drug-likeness (QED) is 0.697. The maximum atomic E-state index is 12.1. The molecule has 0 radical (unpaired) electrons. The summed E-state index contributed by atoms with van der Waals surface area (Å²) in [4.78, 5) is 26.3. The van der Waals surface area contributed by atoms with Gasteiger partial charge in [-0.05, 0) is 50.7 Å². The molecule has 26 heavy (non-hydrogen) atoms. The Morgan fingerprint density at radius 2 is 1.92 bits per heavy atom. The molecule has 0 saturated carbocycles. The molecule has 0 aliphatic carbocycles. The molecule has 1 saturated heterocycles. The van der Waals surface area contributed by atoms with E-state index in [-0.39, 0.29) is 17.4 Å². The Balaban J connectivity index is 1.65. The van der Waals surface area contributed by atoms with Gasteiger partial charge < -0.3 is 15.1 Å². The number of likely N-dealkylation sites (tertiary alicyclic amines) is 1. The standard InChI is InChI=1S/C20H33N3O3/c1-15-11-16(2)13-23(12-15)20(3,4)14-22-18(24)8-5-9-21-19(25)17-7-6-10-26-17/h6-7,10,15-16H,5,8-9,11-14H2,1-4H3,(H,21,25)(H,22,24). The first-order chi connectivity index (χ1) is 12.3. The molecular formula is C20H33N3O3. The van der Waals surface area contributed by atoms with Crippen LogP contribution < -0.4 is 10.6 Å². The summed E-state index contributed by atoms with van der Waals surface area (Å²) in [5.41, 5.74) is -0.0495. The largest absolute Gasteiger partial charge is 0.459 e. The minimum Gasteiger partial charge on any atom is -0.459 e. The van der Waals surface area contributed by atoms with Gasteiger partial charge in [0, 0.05) is 38.1 Å². The van der Waals surface area contributed by atoms with E-state index in [0.29, 0.717) is 43.5 Å². The van der Waals surface area contributed by atoms with Crippen LogP contribution in [0.25, 0.3) is 0 Å². The van der Waals surface area contributed by atoms with Crippen LogP contribution in [0.3, 0.4) is 0 Å². The van der Waals surface area contributed by atoms with Gasteiger partial charge in [-0.3, -0.25) is 14.5 Å². The van der Waals surface area contributed by atoms with Crippen molar-refractivity contribution < 1.29 is 14.0 Å². The molecule has 2 heterocycles. The second-order valence-electron chi connectivity index (χ2n) is 8.28. The van der Waals surface area contributed by atoms with Crippen LogP contribution in [0, 0.1) is 11.8 Å². The van der Waals surface area contributed by atoms with Crippen molar-refractivity contribution in [3.63, 3.8) is 0 Å². The van der Waals surface area contributed by atoms with Gasteiger partial charge in [0.15, 0.2) is 5.76 Å². The number of nitrogens with one attached hydrogen (secondary N) is 2. The van der Waals surface area contributed by atoms with Gasteiger partial charge in [-0.15, -0.1) is 0 Å². The van der Waals surface area contributed by atoms with Crippen LogP contribution in [-0.4, -0.2) is 48.4 Å². The van der Waals surface area contributed by atoms with Gasteiger partial charge in [-0.1, -0.05) is 13.8 Å². The van der Waals surface area contributed by atoms with Gasteiger partial charge in [0.25, 0.3) is 5.91 Å². The number of amides is 2. The third-order valence-corrected chi connectivity index (χ3v) is 5.05. The Bertz CT molecular complexity index is 573. The molecule has 146 valence electrons. The molecule has 2 N–H and O–H groups in total. The number of carbonyl (C=O) groups excluding carboxylic acids is 2. The lowest BCUT2D eigenvalue weighted by atomic mass is 9.88. The highest BCUT2D eigenvalue weighted by Gasteiger charge is 2.32. The van der Waals surface area contributed by atoms with Crippen LogP contribution in [0.5, 0.6) is 0 Å². The topological polar surface area (TPSA) is 74.6 Å². The summed E-state index contributed by atoms with van der Waals surface area (Å²) in [6, 6.07) is 3.29. The van der Waals surface area contributed by atoms with Crippen molar-refractivity contribution in [3.8, 4) is 0 Å². The predicted octanol–water partition coefficient (Wildman–Crippen LogP) is 2.66. The Labute approximate surface area is 156 Å². The number of hydrogen-bond donors (Lipinski definition) is 2. The summed E-state index contributed by atoms with van der Waals surface area (Å²) in [5.74, 6) is 1.48. The lowest BCUT2D eigenvalue weighted by Crippen LogP contribution is -2.56. The monoisotopic (exact) mass is 363 g/mol. The molecule has 1 aromatic rings. The molecule has 0 spiro atoms. The van der Waals surface area contributed by atoms with Gasteiger partial charge in [0.1, 0.15) is 0 Å². The van der Waals surface area contributed by atoms with Crippen molar-refractivity contribution in [3.05, 3.63) is 24.2 Å². The summed E-state index contributed by atoms with van der Waals surface area (Å²) < 4.78 is 5.03. The van der Waals surface area contributed by atoms with E-state index >= 15 is 0 Å². The summed E-state index contributed by atoms with van der Waals surface area (Å²) >= 11 is 0. The van der Waals surface area contributed by atoms with Crippen LogP contribution in [0.15, 0.2) is 22.8 Å². The molecule has 1 aliphatic rings. The number of rotatable bonds is 8. The first-order valence-electron chi connectivity index (χ1n) is 9.61. The molecule has 0 bridgehead atoms. The molecule has 2 rings (SSSR count). The SMILES string of the molecule is CC1CC(C)CN(C(C)(C)CNC(=O)CCCNC(=O)c2ccco2)C1. The maximum Gasteiger partial charge on any atom is 0.286 e. The Hall–Kier alpha value is -1.82. The van der Waals surface area contributed by atoms with Crippen molar-refractivity contribution in [2.75, 3.05) is 26.2 Å². The molecule has 2 unspecified atom stereocenters. The Morgan fingerprint density at radius 1 is 1.23 bits per heavy atom. The van der Waals surface area contributed by atoms with Crippen molar-refractivity contribution in [2.24, 2.45) is 11.8 Å². The van der Waals surface area contributed by atoms with Crippen LogP contribution in [0.1, 0.15) is 57.5 Å². The summed E-state index contributed by atoms with van der Waals surface area (Å²) in [6.07, 6.45) is 3.76. The van der Waals surface area contributed by atoms with E-state index in [9.17, 15) is 9.59 Å². The molecule has 1 fully saturated rings. The van der Waals surface area contributed by atoms with Gasteiger partial charge in [-0.2, -0.15) is 0 Å². The number of hydrogen-bond acceptors (Lipinski definition) is 4. The van der Waals surface area contributed by atoms with Gasteiger partial charge in [-0.25, -0.2) is 0 Å². The van der Waals surface area contributed by atoms with Gasteiger partial charge >= 0.3 is 0 Å². The highest BCUT2D eigenvalue weighted by atomic mass is 16.3. The van der Waals surface area contributed by atoms with Gasteiger partial charge in [0.2, 0.25) is 5.91 Å². The Morgan fingerprint density at radius 3 is 2.54 bits per heavy atom. The van der Waals surface area contributed by atoms with Crippen LogP contribution >= 0.6 is 0 Å². The molecule has 1 aliphatic heterocycles. The minimum absolute atomic E-state index is 0.0310. The van der Waals surface area contributed by atoms with Crippen molar-refractivity contribution >= 4 is 11.8 Å². The molecular weight excluding hydrogens is 330 g/mol. The summed E-state index contributed by atoms with van der Waals surface area (Å²) in [7, 11) is 0. The zero-order valence-corrected chi connectivity index (χ0v) is 16.5. The fourth-order valence-electron chi connectivity index (χ4n) is 3.62. The van der Waals surface area contributed by atoms with Crippen molar-refractivity contribution in [1.82, 2.24) is 15.5 Å². The van der Waals surface area contributed by atoms with E-state index in [1.54, 1.807) is 12.1 Å². The van der Waals surface area contributed by atoms with E-state index in [1.807, 2.05) is 0 Å². The molecule has 0 aromatic carbocycles. The average molecular weight is 364 g/mol. The molecule has 6 nitrogen and oxygen atoms in total. The van der Waals surface area contributed by atoms with E-state index < -0.39 is 0 Å². The second kappa shape index (κ2) is 9.21. The first-order valence-corrected chi connectivity index (χ1v) is 9.61. The van der Waals surface area contributed by atoms with Crippen LogP contribution in [0.2, 0.25) is 0 Å². The van der Waals surface area contributed by atoms with Gasteiger partial charge in [0.05, 0.1) is 6.26 Å². The highest BCUT2D eigenvalue weighted by Crippen LogP contribution is 2.26. The third-order valence-electron chi connectivity index (χ3n) is 5.05. The molecule has 2 atom stereocenters. The zero-order valence-electron chi connectivity index (χ0n) is 16.5. The van der Waals surface area contributed by atoms with E-state index in [0.717, 1.165) is 13.1 Å². The number of carbonyl (C=O) groups is 2. The lowest BCUT2D eigenvalue weighted by Gasteiger charge is -2.45. The lowest BCUT2D eigenvalue weighted by molar-refractivity contribution is -0.121. The van der Waals surface area contributed by atoms with E-state index in [4.69, 9.17) is 4.42 Å². The second-order valence-corrected chi connectivity index (χ2v) is 8.28.